The lowest BCUT2D eigenvalue weighted by Gasteiger charge is -2.11. The van der Waals surface area contributed by atoms with Gasteiger partial charge in [0, 0.05) is 10.9 Å². The number of nitrogens with one attached hydrogen (secondary N) is 1. The number of H-pyrrole nitrogens is 1. The largest absolute Gasteiger partial charge is 0.342 e. The lowest BCUT2D eigenvalue weighted by atomic mass is 9.96. The molecule has 1 fully saturated rings. The van der Waals surface area contributed by atoms with Gasteiger partial charge in [-0.1, -0.05) is 54.5 Å². The maximum atomic E-state index is 4.80. The van der Waals surface area contributed by atoms with Gasteiger partial charge in [-0.15, -0.1) is 0 Å². The van der Waals surface area contributed by atoms with Crippen molar-refractivity contribution in [3.63, 3.8) is 0 Å². The van der Waals surface area contributed by atoms with Crippen molar-refractivity contribution in [3.05, 3.63) is 28.0 Å². The van der Waals surface area contributed by atoms with E-state index in [1.54, 1.807) is 0 Å². The normalized spacial score (nSPS) is 17.8. The molecular weight excluding hydrogens is 300 g/mol. The number of rotatable bonds is 2. The van der Waals surface area contributed by atoms with Crippen LogP contribution in [0.2, 0.25) is 0 Å². The van der Waals surface area contributed by atoms with E-state index in [-0.39, 0.29) is 0 Å². The maximum Gasteiger partial charge on any atom is 0.107 e. The molecule has 102 valence electrons. The number of halogens is 1. The smallest absolute Gasteiger partial charge is 0.107 e. The van der Waals surface area contributed by atoms with Gasteiger partial charge in [-0.25, -0.2) is 4.98 Å². The molecule has 0 aliphatic heterocycles. The second kappa shape index (κ2) is 5.66. The number of nitrogens with zero attached hydrogens (tertiary/aromatic N) is 1. The number of hydrogen-bond acceptors (Lipinski definition) is 1. The Bertz CT molecular complexity index is 565. The van der Waals surface area contributed by atoms with Crippen molar-refractivity contribution in [2.24, 2.45) is 5.92 Å². The molecule has 0 radical (unpaired) electrons. The summed E-state index contributed by atoms with van der Waals surface area (Å²) in [5.74, 6) is 2.00. The molecule has 0 spiro atoms. The van der Waals surface area contributed by atoms with Gasteiger partial charge in [0.2, 0.25) is 0 Å². The van der Waals surface area contributed by atoms with Crippen molar-refractivity contribution in [2.45, 2.75) is 51.9 Å². The number of aromatic amines is 1. The van der Waals surface area contributed by atoms with Crippen LogP contribution >= 0.6 is 15.9 Å². The Labute approximate surface area is 123 Å². The highest BCUT2D eigenvalue weighted by molar-refractivity contribution is 9.10. The van der Waals surface area contributed by atoms with Gasteiger partial charge in [0.05, 0.1) is 11.0 Å². The number of imidazole rings is 1. The van der Waals surface area contributed by atoms with Crippen LogP contribution in [0.15, 0.2) is 16.6 Å². The van der Waals surface area contributed by atoms with E-state index in [1.165, 1.54) is 49.9 Å². The molecule has 19 heavy (non-hydrogen) atoms. The second-order valence-corrected chi connectivity index (χ2v) is 6.78. The molecule has 1 aliphatic carbocycles. The van der Waals surface area contributed by atoms with E-state index in [2.05, 4.69) is 40.0 Å². The number of benzene rings is 1. The topological polar surface area (TPSA) is 28.7 Å². The average molecular weight is 321 g/mol. The Morgan fingerprint density at radius 1 is 1.21 bits per heavy atom. The molecule has 0 saturated heterocycles. The van der Waals surface area contributed by atoms with Gasteiger partial charge >= 0.3 is 0 Å². The Morgan fingerprint density at radius 3 is 2.68 bits per heavy atom. The van der Waals surface area contributed by atoms with E-state index in [4.69, 9.17) is 4.98 Å². The summed E-state index contributed by atoms with van der Waals surface area (Å²) < 4.78 is 1.13. The summed E-state index contributed by atoms with van der Waals surface area (Å²) in [6.07, 6.45) is 9.50. The highest BCUT2D eigenvalue weighted by atomic mass is 79.9. The van der Waals surface area contributed by atoms with Crippen molar-refractivity contribution >= 4 is 27.0 Å². The molecule has 2 nitrogen and oxygen atoms in total. The first-order valence-corrected chi connectivity index (χ1v) is 8.16. The van der Waals surface area contributed by atoms with Gasteiger partial charge in [-0.3, -0.25) is 0 Å². The summed E-state index contributed by atoms with van der Waals surface area (Å²) in [5, 5.41) is 0. The zero-order valence-corrected chi connectivity index (χ0v) is 13.1. The van der Waals surface area contributed by atoms with Crippen LogP contribution in [-0.4, -0.2) is 9.97 Å². The second-order valence-electron chi connectivity index (χ2n) is 5.86. The molecule has 2 aromatic rings. The molecule has 1 aromatic heterocycles. The fraction of sp³-hybridized carbons (Fsp3) is 0.562. The van der Waals surface area contributed by atoms with Gasteiger partial charge in [-0.2, -0.15) is 0 Å². The predicted molar refractivity (Wildman–Crippen MR) is 83.4 cm³/mol. The van der Waals surface area contributed by atoms with Crippen LogP contribution in [0.1, 0.15) is 49.9 Å². The first-order valence-electron chi connectivity index (χ1n) is 7.37. The van der Waals surface area contributed by atoms with Crippen molar-refractivity contribution in [3.8, 4) is 0 Å². The lowest BCUT2D eigenvalue weighted by molar-refractivity contribution is 0.450. The van der Waals surface area contributed by atoms with E-state index in [1.807, 2.05) is 0 Å². The Balaban J connectivity index is 1.83. The molecule has 1 heterocycles. The van der Waals surface area contributed by atoms with Crippen LogP contribution in [0.25, 0.3) is 11.0 Å². The summed E-state index contributed by atoms with van der Waals surface area (Å²) in [7, 11) is 0. The minimum atomic E-state index is 0.826. The van der Waals surface area contributed by atoms with Gasteiger partial charge in [0.25, 0.3) is 0 Å². The summed E-state index contributed by atoms with van der Waals surface area (Å²) in [6.45, 7) is 2.13. The molecule has 1 N–H and O–H groups in total. The Morgan fingerprint density at radius 2 is 1.95 bits per heavy atom. The van der Waals surface area contributed by atoms with Crippen molar-refractivity contribution in [2.75, 3.05) is 0 Å². The van der Waals surface area contributed by atoms with Gasteiger partial charge in [0.1, 0.15) is 5.82 Å². The van der Waals surface area contributed by atoms with E-state index in [0.717, 1.165) is 27.8 Å². The first-order chi connectivity index (χ1) is 9.22. The predicted octanol–water partition coefficient (Wildman–Crippen LogP) is 5.15. The van der Waals surface area contributed by atoms with Gasteiger partial charge in [0.15, 0.2) is 0 Å². The SMILES string of the molecule is Cc1cc(Br)cc2[nH]c(CC3CCCCCC3)nc12. The molecule has 0 unspecified atom stereocenters. The molecule has 1 saturated carbocycles. The zero-order valence-electron chi connectivity index (χ0n) is 11.5. The molecule has 1 aromatic carbocycles. The molecule has 0 amide bonds. The van der Waals surface area contributed by atoms with Crippen LogP contribution in [-0.2, 0) is 6.42 Å². The van der Waals surface area contributed by atoms with Crippen molar-refractivity contribution in [1.82, 2.24) is 9.97 Å². The minimum Gasteiger partial charge on any atom is -0.342 e. The fourth-order valence-electron chi connectivity index (χ4n) is 3.24. The Hall–Kier alpha value is -0.830. The van der Waals surface area contributed by atoms with E-state index >= 15 is 0 Å². The van der Waals surface area contributed by atoms with Crippen molar-refractivity contribution < 1.29 is 0 Å². The van der Waals surface area contributed by atoms with Gasteiger partial charge in [-0.05, 0) is 30.5 Å². The van der Waals surface area contributed by atoms with E-state index in [0.29, 0.717) is 0 Å². The quantitative estimate of drug-likeness (QED) is 0.762. The summed E-state index contributed by atoms with van der Waals surface area (Å²) in [6, 6.07) is 4.27. The fourth-order valence-corrected chi connectivity index (χ4v) is 3.81. The third-order valence-electron chi connectivity index (χ3n) is 4.25. The summed E-state index contributed by atoms with van der Waals surface area (Å²) in [4.78, 5) is 8.31. The van der Waals surface area contributed by atoms with Crippen LogP contribution in [0.3, 0.4) is 0 Å². The summed E-state index contributed by atoms with van der Waals surface area (Å²) in [5.41, 5.74) is 3.54. The molecule has 3 heteroatoms. The number of hydrogen-bond donors (Lipinski definition) is 1. The molecule has 3 rings (SSSR count). The van der Waals surface area contributed by atoms with E-state index in [9.17, 15) is 0 Å². The average Bonchev–Trinajstić information content (AvgIpc) is 2.58. The summed E-state index contributed by atoms with van der Waals surface area (Å²) >= 11 is 3.55. The van der Waals surface area contributed by atoms with E-state index < -0.39 is 0 Å². The van der Waals surface area contributed by atoms with Gasteiger partial charge < -0.3 is 4.98 Å². The lowest BCUT2D eigenvalue weighted by Crippen LogP contribution is -2.04. The number of fused-ring (bicyclic) bond motifs is 1. The zero-order chi connectivity index (χ0) is 13.2. The third kappa shape index (κ3) is 3.02. The highest BCUT2D eigenvalue weighted by Gasteiger charge is 2.15. The van der Waals surface area contributed by atoms with Crippen molar-refractivity contribution in [1.29, 1.82) is 0 Å². The van der Waals surface area contributed by atoms with Crippen LogP contribution in [0.5, 0.6) is 0 Å². The number of aryl methyl sites for hydroxylation is 1. The maximum absolute atomic E-state index is 4.80. The van der Waals surface area contributed by atoms with Crippen LogP contribution < -0.4 is 0 Å². The molecule has 0 atom stereocenters. The molecule has 1 aliphatic rings. The first kappa shape index (κ1) is 13.2. The standard InChI is InChI=1S/C16H21BrN2/c1-11-8-13(17)10-14-16(11)19-15(18-14)9-12-6-4-2-3-5-7-12/h8,10,12H,2-7,9H2,1H3,(H,18,19). The number of aromatic nitrogens is 2. The van der Waals surface area contributed by atoms with Crippen LogP contribution in [0.4, 0.5) is 0 Å². The monoisotopic (exact) mass is 320 g/mol. The third-order valence-corrected chi connectivity index (χ3v) is 4.71. The molecular formula is C16H21BrN2. The van der Waals surface area contributed by atoms with Crippen LogP contribution in [0, 0.1) is 12.8 Å². The highest BCUT2D eigenvalue weighted by Crippen LogP contribution is 2.27. The Kier molecular flexibility index (Phi) is 3.92. The molecule has 0 bridgehead atoms. The minimum absolute atomic E-state index is 0.826.